The first-order chi connectivity index (χ1) is 13.2. The number of imidazole rings is 1. The van der Waals surface area contributed by atoms with E-state index >= 15 is 0 Å². The Bertz CT molecular complexity index is 967. The fourth-order valence-corrected chi connectivity index (χ4v) is 4.30. The Hall–Kier alpha value is -2.39. The topological polar surface area (TPSA) is 21.1 Å². The third-order valence-corrected chi connectivity index (χ3v) is 5.97. The van der Waals surface area contributed by atoms with E-state index in [2.05, 4.69) is 71.8 Å². The summed E-state index contributed by atoms with van der Waals surface area (Å²) in [7, 11) is 0. The maximum atomic E-state index is 5.09. The van der Waals surface area contributed by atoms with E-state index in [0.29, 0.717) is 6.04 Å². The maximum Gasteiger partial charge on any atom is 0.140 e. The molecule has 0 N–H and O–H groups in total. The van der Waals surface area contributed by atoms with Crippen molar-refractivity contribution < 1.29 is 0 Å². The van der Waals surface area contributed by atoms with Crippen LogP contribution in [0.5, 0.6) is 0 Å². The van der Waals surface area contributed by atoms with Crippen LogP contribution in [-0.4, -0.2) is 21.0 Å². The van der Waals surface area contributed by atoms with E-state index < -0.39 is 0 Å². The average molecular weight is 358 g/mol. The molecule has 0 bridgehead atoms. The Morgan fingerprint density at radius 3 is 2.63 bits per heavy atom. The van der Waals surface area contributed by atoms with Crippen LogP contribution in [0.1, 0.15) is 47.0 Å². The zero-order chi connectivity index (χ0) is 18.4. The average Bonchev–Trinajstić information content (AvgIpc) is 3.45. The van der Waals surface area contributed by atoms with Gasteiger partial charge in [0.05, 0.1) is 11.4 Å². The molecule has 0 atom stereocenters. The molecule has 2 aliphatic rings. The molecular weight excluding hydrogens is 330 g/mol. The Balaban J connectivity index is 1.47. The van der Waals surface area contributed by atoms with Crippen LogP contribution in [0.3, 0.4) is 0 Å². The van der Waals surface area contributed by atoms with Crippen LogP contribution in [0.25, 0.3) is 11.4 Å². The summed E-state index contributed by atoms with van der Waals surface area (Å²) >= 11 is 0. The van der Waals surface area contributed by atoms with Crippen molar-refractivity contribution in [3.8, 4) is 11.4 Å². The smallest absolute Gasteiger partial charge is 0.140 e. The Morgan fingerprint density at radius 1 is 1.04 bits per heavy atom. The third-order valence-electron chi connectivity index (χ3n) is 5.97. The fourth-order valence-electron chi connectivity index (χ4n) is 4.30. The van der Waals surface area contributed by atoms with E-state index in [1.807, 2.05) is 0 Å². The Morgan fingerprint density at radius 2 is 1.85 bits per heavy atom. The van der Waals surface area contributed by atoms with Gasteiger partial charge < -0.3 is 4.57 Å². The molecule has 3 heteroatoms. The van der Waals surface area contributed by atoms with E-state index in [0.717, 1.165) is 26.1 Å². The maximum absolute atomic E-state index is 5.09. The highest BCUT2D eigenvalue weighted by Gasteiger charge is 2.33. The lowest BCUT2D eigenvalue weighted by molar-refractivity contribution is 0.236. The molecule has 1 fully saturated rings. The second-order valence-corrected chi connectivity index (χ2v) is 8.19. The molecule has 1 saturated carbocycles. The van der Waals surface area contributed by atoms with Crippen LogP contribution < -0.4 is 0 Å². The molecule has 0 spiro atoms. The molecule has 27 heavy (non-hydrogen) atoms. The van der Waals surface area contributed by atoms with Gasteiger partial charge in [-0.05, 0) is 37.8 Å². The normalized spacial score (nSPS) is 17.1. The predicted molar refractivity (Wildman–Crippen MR) is 110 cm³/mol. The van der Waals surface area contributed by atoms with Crippen molar-refractivity contribution in [2.45, 2.75) is 52.2 Å². The van der Waals surface area contributed by atoms with E-state index in [1.54, 1.807) is 0 Å². The van der Waals surface area contributed by atoms with E-state index in [4.69, 9.17) is 4.98 Å². The molecular formula is C24H27N3. The molecule has 0 amide bonds. The second kappa shape index (κ2) is 6.65. The number of aryl methyl sites for hydroxylation is 2. The molecule has 0 unspecified atom stereocenters. The van der Waals surface area contributed by atoms with Crippen molar-refractivity contribution >= 4 is 0 Å². The molecule has 138 valence electrons. The van der Waals surface area contributed by atoms with Crippen molar-refractivity contribution in [3.05, 3.63) is 76.6 Å². The third kappa shape index (κ3) is 3.21. The first-order valence-electron chi connectivity index (χ1n) is 10.1. The molecule has 0 radical (unpaired) electrons. The van der Waals surface area contributed by atoms with Gasteiger partial charge in [0.15, 0.2) is 0 Å². The number of fused-ring (bicyclic) bond motifs is 1. The van der Waals surface area contributed by atoms with Crippen LogP contribution in [0, 0.1) is 13.8 Å². The highest BCUT2D eigenvalue weighted by Crippen LogP contribution is 2.41. The Labute approximate surface area is 161 Å². The molecule has 0 saturated heterocycles. The number of hydrogen-bond acceptors (Lipinski definition) is 2. The standard InChI is InChI=1S/C24H27N3/c1-17-8-9-18(2)20(14-17)15-26-13-12-22-23(16-26)27(21-10-11-21)24(25-22)19-6-4-3-5-7-19/h3-9,14,21H,10-13,15-16H2,1-2H3. The summed E-state index contributed by atoms with van der Waals surface area (Å²) in [5.74, 6) is 1.18. The van der Waals surface area contributed by atoms with Crippen LogP contribution in [0.2, 0.25) is 0 Å². The van der Waals surface area contributed by atoms with E-state index in [-0.39, 0.29) is 0 Å². The van der Waals surface area contributed by atoms with Crippen LogP contribution >= 0.6 is 0 Å². The van der Waals surface area contributed by atoms with Gasteiger partial charge >= 0.3 is 0 Å². The molecule has 1 aromatic heterocycles. The van der Waals surface area contributed by atoms with E-state index in [1.165, 1.54) is 52.3 Å². The lowest BCUT2D eigenvalue weighted by Crippen LogP contribution is -2.31. The first kappa shape index (κ1) is 16.8. The molecule has 5 rings (SSSR count). The minimum absolute atomic E-state index is 0.650. The quantitative estimate of drug-likeness (QED) is 0.651. The van der Waals surface area contributed by atoms with Crippen molar-refractivity contribution in [3.63, 3.8) is 0 Å². The van der Waals surface area contributed by atoms with Gasteiger partial charge in [-0.15, -0.1) is 0 Å². The van der Waals surface area contributed by atoms with Crippen molar-refractivity contribution in [2.75, 3.05) is 6.54 Å². The van der Waals surface area contributed by atoms with Gasteiger partial charge in [-0.3, -0.25) is 4.90 Å². The summed E-state index contributed by atoms with van der Waals surface area (Å²) in [5, 5.41) is 0. The number of aromatic nitrogens is 2. The number of rotatable bonds is 4. The monoisotopic (exact) mass is 357 g/mol. The largest absolute Gasteiger partial charge is 0.323 e. The summed E-state index contributed by atoms with van der Waals surface area (Å²) in [6, 6.07) is 18.2. The second-order valence-electron chi connectivity index (χ2n) is 8.19. The van der Waals surface area contributed by atoms with Crippen LogP contribution in [-0.2, 0) is 19.5 Å². The van der Waals surface area contributed by atoms with Gasteiger partial charge in [0, 0.05) is 37.7 Å². The molecule has 1 aliphatic heterocycles. The highest BCUT2D eigenvalue weighted by molar-refractivity contribution is 5.57. The fraction of sp³-hybridized carbons (Fsp3) is 0.375. The molecule has 2 heterocycles. The summed E-state index contributed by atoms with van der Waals surface area (Å²) in [4.78, 5) is 7.69. The summed E-state index contributed by atoms with van der Waals surface area (Å²) < 4.78 is 2.56. The predicted octanol–water partition coefficient (Wildman–Crippen LogP) is 5.06. The summed E-state index contributed by atoms with van der Waals surface area (Å²) in [6.45, 7) is 7.55. The van der Waals surface area contributed by atoms with E-state index in [9.17, 15) is 0 Å². The van der Waals surface area contributed by atoms with Crippen molar-refractivity contribution in [1.29, 1.82) is 0 Å². The number of nitrogens with zero attached hydrogens (tertiary/aromatic N) is 3. The summed E-state index contributed by atoms with van der Waals surface area (Å²) in [5.41, 5.74) is 8.22. The van der Waals surface area contributed by atoms with Gasteiger partial charge in [-0.2, -0.15) is 0 Å². The number of benzene rings is 2. The van der Waals surface area contributed by atoms with Crippen molar-refractivity contribution in [2.24, 2.45) is 0 Å². The summed E-state index contributed by atoms with van der Waals surface area (Å²) in [6.07, 6.45) is 3.64. The zero-order valence-corrected chi connectivity index (χ0v) is 16.3. The van der Waals surface area contributed by atoms with Gasteiger partial charge in [0.2, 0.25) is 0 Å². The molecule has 2 aromatic carbocycles. The lowest BCUT2D eigenvalue weighted by Gasteiger charge is -2.28. The lowest BCUT2D eigenvalue weighted by atomic mass is 10.0. The van der Waals surface area contributed by atoms with Crippen molar-refractivity contribution in [1.82, 2.24) is 14.5 Å². The highest BCUT2D eigenvalue weighted by atomic mass is 15.2. The molecule has 3 aromatic rings. The first-order valence-corrected chi connectivity index (χ1v) is 10.1. The Kier molecular flexibility index (Phi) is 4.13. The van der Waals surface area contributed by atoms with Gasteiger partial charge in [-0.25, -0.2) is 4.98 Å². The SMILES string of the molecule is Cc1ccc(C)c(CN2CCc3nc(-c4ccccc4)n(C4CC4)c3C2)c1. The minimum atomic E-state index is 0.650. The zero-order valence-electron chi connectivity index (χ0n) is 16.3. The minimum Gasteiger partial charge on any atom is -0.323 e. The van der Waals surface area contributed by atoms with Crippen LogP contribution in [0.15, 0.2) is 48.5 Å². The van der Waals surface area contributed by atoms with Gasteiger partial charge in [-0.1, -0.05) is 54.1 Å². The molecule has 3 nitrogen and oxygen atoms in total. The number of hydrogen-bond donors (Lipinski definition) is 0. The van der Waals surface area contributed by atoms with Gasteiger partial charge in [0.25, 0.3) is 0 Å². The van der Waals surface area contributed by atoms with Gasteiger partial charge in [0.1, 0.15) is 5.82 Å². The van der Waals surface area contributed by atoms with Crippen LogP contribution in [0.4, 0.5) is 0 Å². The molecule has 1 aliphatic carbocycles.